The molecule has 2 amide bonds. The Hall–Kier alpha value is -5.04. The van der Waals surface area contributed by atoms with Gasteiger partial charge in [-0.05, 0) is 80.3 Å². The highest BCUT2D eigenvalue weighted by Gasteiger charge is 2.54. The predicted octanol–water partition coefficient (Wildman–Crippen LogP) is 5.11. The second-order valence-electron chi connectivity index (χ2n) is 13.2. The van der Waals surface area contributed by atoms with E-state index < -0.39 is 24.0 Å². The lowest BCUT2D eigenvalue weighted by atomic mass is 9.53. The fraction of sp³-hybridized carbons (Fsp3) is 0.353. The SMILES string of the molecule is CC(C)(O)COc1ccc2c(C(=O)NC3CC4(C3)CC(Oc3nn5ccc(-c6ccccc6)cc5c3C(N)=O)C4)nn(C(F)F)c2c1. The molecule has 244 valence electrons. The molecule has 0 unspecified atom stereocenters. The zero-order valence-electron chi connectivity index (χ0n) is 25.8. The van der Waals surface area contributed by atoms with Gasteiger partial charge in [0.1, 0.15) is 24.0 Å². The maximum atomic E-state index is 13.8. The quantitative estimate of drug-likeness (QED) is 0.191. The molecule has 2 aliphatic carbocycles. The first kappa shape index (κ1) is 30.6. The highest BCUT2D eigenvalue weighted by Crippen LogP contribution is 2.57. The Bertz CT molecular complexity index is 1990. The molecule has 0 saturated heterocycles. The minimum atomic E-state index is -2.96. The van der Waals surface area contributed by atoms with Gasteiger partial charge >= 0.3 is 6.55 Å². The number of nitrogens with zero attached hydrogens (tertiary/aromatic N) is 4. The lowest BCUT2D eigenvalue weighted by molar-refractivity contribution is -0.0848. The van der Waals surface area contributed by atoms with Crippen LogP contribution in [0.15, 0.2) is 66.9 Å². The van der Waals surface area contributed by atoms with E-state index in [-0.39, 0.29) is 58.0 Å². The van der Waals surface area contributed by atoms with Gasteiger partial charge in [0.15, 0.2) is 5.69 Å². The summed E-state index contributed by atoms with van der Waals surface area (Å²) in [5, 5.41) is 21.6. The molecule has 2 fully saturated rings. The number of hydrogen-bond donors (Lipinski definition) is 3. The number of amides is 2. The van der Waals surface area contributed by atoms with Crippen LogP contribution in [0.1, 0.15) is 66.9 Å². The summed E-state index contributed by atoms with van der Waals surface area (Å²) in [6.07, 6.45) is 4.46. The Kier molecular flexibility index (Phi) is 7.38. The molecular formula is C34H34F2N6O5. The molecule has 0 atom stereocenters. The molecule has 0 bridgehead atoms. The van der Waals surface area contributed by atoms with Gasteiger partial charge in [-0.3, -0.25) is 9.59 Å². The summed E-state index contributed by atoms with van der Waals surface area (Å²) in [6, 6.07) is 17.9. The number of primary amides is 1. The first-order chi connectivity index (χ1) is 22.4. The molecule has 0 radical (unpaired) electrons. The van der Waals surface area contributed by atoms with Crippen LogP contribution in [-0.2, 0) is 0 Å². The van der Waals surface area contributed by atoms with Gasteiger partial charge in [-0.25, -0.2) is 9.20 Å². The summed E-state index contributed by atoms with van der Waals surface area (Å²) in [7, 11) is 0. The van der Waals surface area contributed by atoms with Crippen LogP contribution in [0.4, 0.5) is 8.78 Å². The number of pyridine rings is 1. The standard InChI is InChI=1S/C34H34F2N6O5/c1-33(2,45)18-46-22-8-9-24-25(13-22)42(32(35)36)39-28(24)30(44)38-21-14-34(15-21)16-23(17-34)47-31-27(29(37)43)26-12-20(10-11-41(26)40-31)19-6-4-3-5-7-19/h3-13,21,23,32,45H,14-18H2,1-2H3,(H2,37,43)(H,38,44). The number of rotatable bonds is 10. The molecule has 3 heterocycles. The summed E-state index contributed by atoms with van der Waals surface area (Å²) >= 11 is 0. The lowest BCUT2D eigenvalue weighted by Gasteiger charge is -2.57. The monoisotopic (exact) mass is 644 g/mol. The minimum Gasteiger partial charge on any atom is -0.491 e. The van der Waals surface area contributed by atoms with Crippen molar-refractivity contribution < 1.29 is 33.0 Å². The van der Waals surface area contributed by atoms with E-state index in [9.17, 15) is 23.5 Å². The molecule has 1 spiro atoms. The van der Waals surface area contributed by atoms with Crippen molar-refractivity contribution in [3.63, 3.8) is 0 Å². The van der Waals surface area contributed by atoms with E-state index >= 15 is 0 Å². The first-order valence-electron chi connectivity index (χ1n) is 15.4. The average molecular weight is 645 g/mol. The van der Waals surface area contributed by atoms with Crippen LogP contribution in [-0.4, -0.2) is 60.7 Å². The number of ether oxygens (including phenoxy) is 2. The number of carbonyl (C=O) groups excluding carboxylic acids is 2. The number of nitrogens with one attached hydrogen (secondary N) is 1. The number of carbonyl (C=O) groups is 2. The number of fused-ring (bicyclic) bond motifs is 2. The summed E-state index contributed by atoms with van der Waals surface area (Å²) in [5.41, 5.74) is 7.32. The third-order valence-corrected chi connectivity index (χ3v) is 8.92. The molecule has 47 heavy (non-hydrogen) atoms. The topological polar surface area (TPSA) is 146 Å². The number of nitrogens with two attached hydrogens (primary N) is 1. The summed E-state index contributed by atoms with van der Waals surface area (Å²) in [5.74, 6) is -0.681. The van der Waals surface area contributed by atoms with Crippen LogP contribution >= 0.6 is 0 Å². The van der Waals surface area contributed by atoms with Gasteiger partial charge in [-0.15, -0.1) is 5.10 Å². The maximum Gasteiger partial charge on any atom is 0.333 e. The van der Waals surface area contributed by atoms with E-state index in [0.717, 1.165) is 24.0 Å². The van der Waals surface area contributed by atoms with E-state index in [1.54, 1.807) is 30.6 Å². The van der Waals surface area contributed by atoms with Gasteiger partial charge in [-0.2, -0.15) is 13.9 Å². The van der Waals surface area contributed by atoms with Crippen molar-refractivity contribution >= 4 is 28.2 Å². The van der Waals surface area contributed by atoms with Crippen molar-refractivity contribution in [1.82, 2.24) is 24.7 Å². The van der Waals surface area contributed by atoms with Gasteiger partial charge < -0.3 is 25.6 Å². The fourth-order valence-corrected chi connectivity index (χ4v) is 6.75. The van der Waals surface area contributed by atoms with Crippen molar-refractivity contribution in [2.45, 2.75) is 63.8 Å². The normalized spacial score (nSPS) is 20.7. The fourth-order valence-electron chi connectivity index (χ4n) is 6.75. The van der Waals surface area contributed by atoms with Crippen LogP contribution in [0.2, 0.25) is 0 Å². The number of halogens is 2. The first-order valence-corrected chi connectivity index (χ1v) is 15.4. The molecule has 11 nitrogen and oxygen atoms in total. The zero-order chi connectivity index (χ0) is 33.1. The molecule has 7 rings (SSSR count). The minimum absolute atomic E-state index is 0.0216. The molecule has 13 heteroatoms. The van der Waals surface area contributed by atoms with Crippen LogP contribution in [0.3, 0.4) is 0 Å². The van der Waals surface area contributed by atoms with Gasteiger partial charge in [-0.1, -0.05) is 30.3 Å². The third kappa shape index (κ3) is 5.86. The number of aromatic nitrogens is 4. The summed E-state index contributed by atoms with van der Waals surface area (Å²) in [6.45, 7) is 0.143. The van der Waals surface area contributed by atoms with Crippen LogP contribution in [0.5, 0.6) is 11.6 Å². The Morgan fingerprint density at radius 2 is 1.79 bits per heavy atom. The van der Waals surface area contributed by atoms with Crippen molar-refractivity contribution in [3.8, 4) is 22.8 Å². The smallest absolute Gasteiger partial charge is 0.333 e. The van der Waals surface area contributed by atoms with Gasteiger partial charge in [0.2, 0.25) is 5.88 Å². The largest absolute Gasteiger partial charge is 0.491 e. The molecule has 3 aromatic heterocycles. The third-order valence-electron chi connectivity index (χ3n) is 8.92. The van der Waals surface area contributed by atoms with E-state index in [0.29, 0.717) is 23.0 Å². The van der Waals surface area contributed by atoms with Crippen LogP contribution < -0.4 is 20.5 Å². The zero-order valence-corrected chi connectivity index (χ0v) is 25.8. The molecule has 4 N–H and O–H groups in total. The van der Waals surface area contributed by atoms with Crippen molar-refractivity contribution in [3.05, 3.63) is 78.1 Å². The van der Waals surface area contributed by atoms with Gasteiger partial charge in [0, 0.05) is 23.7 Å². The Morgan fingerprint density at radius 3 is 2.47 bits per heavy atom. The molecule has 5 aromatic rings. The van der Waals surface area contributed by atoms with E-state index in [2.05, 4.69) is 15.5 Å². The van der Waals surface area contributed by atoms with Crippen LogP contribution in [0.25, 0.3) is 27.5 Å². The molecule has 0 aliphatic heterocycles. The number of alkyl halides is 2. The average Bonchev–Trinajstić information content (AvgIpc) is 3.56. The van der Waals surface area contributed by atoms with E-state index in [4.69, 9.17) is 15.2 Å². The molecule has 2 aromatic carbocycles. The number of aliphatic hydroxyl groups is 1. The van der Waals surface area contributed by atoms with Crippen LogP contribution in [0, 0.1) is 5.41 Å². The van der Waals surface area contributed by atoms with E-state index in [1.807, 2.05) is 42.5 Å². The Morgan fingerprint density at radius 1 is 1.04 bits per heavy atom. The second kappa shape index (κ2) is 11.3. The lowest BCUT2D eigenvalue weighted by Crippen LogP contribution is -2.58. The Labute approximate surface area is 268 Å². The van der Waals surface area contributed by atoms with E-state index in [1.165, 1.54) is 12.1 Å². The predicted molar refractivity (Wildman–Crippen MR) is 168 cm³/mol. The summed E-state index contributed by atoms with van der Waals surface area (Å²) in [4.78, 5) is 25.7. The van der Waals surface area contributed by atoms with Crippen molar-refractivity contribution in [1.29, 1.82) is 0 Å². The highest BCUT2D eigenvalue weighted by atomic mass is 19.3. The Balaban J connectivity index is 0.989. The van der Waals surface area contributed by atoms with Crippen molar-refractivity contribution in [2.24, 2.45) is 11.1 Å². The maximum absolute atomic E-state index is 13.8. The molecule has 2 aliphatic rings. The number of hydrogen-bond acceptors (Lipinski definition) is 7. The molecule has 2 saturated carbocycles. The number of benzene rings is 2. The second-order valence-corrected chi connectivity index (χ2v) is 13.2. The highest BCUT2D eigenvalue weighted by molar-refractivity contribution is 6.05. The summed E-state index contributed by atoms with van der Waals surface area (Å²) < 4.78 is 41.5. The molecular weight excluding hydrogens is 610 g/mol. The van der Waals surface area contributed by atoms with Gasteiger partial charge in [0.25, 0.3) is 11.8 Å². The van der Waals surface area contributed by atoms with Crippen molar-refractivity contribution in [2.75, 3.05) is 6.61 Å². The van der Waals surface area contributed by atoms with Gasteiger partial charge in [0.05, 0.1) is 16.6 Å².